The molecule has 70 valence electrons. The van der Waals surface area contributed by atoms with Crippen molar-refractivity contribution in [1.29, 1.82) is 0 Å². The SMILES string of the molecule is Cc1c(Cl)ccc2c1OCCC2O. The highest BCUT2D eigenvalue weighted by Gasteiger charge is 2.21. The maximum Gasteiger partial charge on any atom is 0.129 e. The number of aliphatic hydroxyl groups is 1. The molecule has 0 radical (unpaired) electrons. The van der Waals surface area contributed by atoms with E-state index >= 15 is 0 Å². The van der Waals surface area contributed by atoms with Crippen LogP contribution < -0.4 is 4.74 Å². The fourth-order valence-electron chi connectivity index (χ4n) is 1.57. The molecule has 1 aliphatic heterocycles. The average molecular weight is 199 g/mol. The van der Waals surface area contributed by atoms with Gasteiger partial charge in [-0.05, 0) is 13.0 Å². The lowest BCUT2D eigenvalue weighted by Crippen LogP contribution is -2.14. The first-order chi connectivity index (χ1) is 6.20. The number of rotatable bonds is 0. The second kappa shape index (κ2) is 3.20. The van der Waals surface area contributed by atoms with E-state index in [1.54, 1.807) is 6.07 Å². The Kier molecular flexibility index (Phi) is 2.18. The highest BCUT2D eigenvalue weighted by atomic mass is 35.5. The van der Waals surface area contributed by atoms with E-state index in [1.165, 1.54) is 0 Å². The molecule has 1 aromatic rings. The van der Waals surface area contributed by atoms with E-state index in [2.05, 4.69) is 0 Å². The van der Waals surface area contributed by atoms with Crippen LogP contribution in [0.4, 0.5) is 0 Å². The van der Waals surface area contributed by atoms with Gasteiger partial charge in [0.15, 0.2) is 0 Å². The van der Waals surface area contributed by atoms with Crippen molar-refractivity contribution in [2.45, 2.75) is 19.4 Å². The lowest BCUT2D eigenvalue weighted by Gasteiger charge is -2.23. The van der Waals surface area contributed by atoms with Gasteiger partial charge in [-0.15, -0.1) is 0 Å². The molecule has 0 fully saturated rings. The molecule has 3 heteroatoms. The molecule has 0 spiro atoms. The minimum Gasteiger partial charge on any atom is -0.493 e. The van der Waals surface area contributed by atoms with Crippen molar-refractivity contribution >= 4 is 11.6 Å². The van der Waals surface area contributed by atoms with Gasteiger partial charge in [-0.25, -0.2) is 0 Å². The van der Waals surface area contributed by atoms with Crippen molar-refractivity contribution in [3.05, 3.63) is 28.3 Å². The van der Waals surface area contributed by atoms with Crippen molar-refractivity contribution in [2.75, 3.05) is 6.61 Å². The Morgan fingerprint density at radius 1 is 1.54 bits per heavy atom. The zero-order valence-corrected chi connectivity index (χ0v) is 8.14. The number of ether oxygens (including phenoxy) is 1. The Bertz CT molecular complexity index is 336. The van der Waals surface area contributed by atoms with Crippen LogP contribution in [0.1, 0.15) is 23.7 Å². The maximum atomic E-state index is 9.65. The molecule has 1 N–H and O–H groups in total. The third-order valence-electron chi connectivity index (χ3n) is 2.37. The summed E-state index contributed by atoms with van der Waals surface area (Å²) in [4.78, 5) is 0. The van der Waals surface area contributed by atoms with Gasteiger partial charge in [0.1, 0.15) is 5.75 Å². The normalized spacial score (nSPS) is 20.7. The molecule has 2 nitrogen and oxygen atoms in total. The van der Waals surface area contributed by atoms with Gasteiger partial charge in [-0.2, -0.15) is 0 Å². The topological polar surface area (TPSA) is 29.5 Å². The van der Waals surface area contributed by atoms with Crippen LogP contribution in [0.3, 0.4) is 0 Å². The molecule has 0 aromatic heterocycles. The molecule has 0 aliphatic carbocycles. The van der Waals surface area contributed by atoms with E-state index in [4.69, 9.17) is 16.3 Å². The predicted octanol–water partition coefficient (Wildman–Crippen LogP) is 2.46. The summed E-state index contributed by atoms with van der Waals surface area (Å²) in [5.74, 6) is 0.756. The lowest BCUT2D eigenvalue weighted by molar-refractivity contribution is 0.115. The van der Waals surface area contributed by atoms with Gasteiger partial charge in [0.2, 0.25) is 0 Å². The van der Waals surface area contributed by atoms with Gasteiger partial charge in [0, 0.05) is 22.6 Å². The van der Waals surface area contributed by atoms with Crippen molar-refractivity contribution in [2.24, 2.45) is 0 Å². The number of aliphatic hydroxyl groups excluding tert-OH is 1. The Morgan fingerprint density at radius 3 is 3.08 bits per heavy atom. The first-order valence-electron chi connectivity index (χ1n) is 4.30. The summed E-state index contributed by atoms with van der Waals surface area (Å²) < 4.78 is 5.46. The van der Waals surface area contributed by atoms with Crippen LogP contribution in [0.15, 0.2) is 12.1 Å². The molecule has 0 saturated heterocycles. The van der Waals surface area contributed by atoms with Crippen LogP contribution in [0, 0.1) is 6.92 Å². The van der Waals surface area contributed by atoms with Crippen molar-refractivity contribution < 1.29 is 9.84 Å². The first kappa shape index (κ1) is 8.85. The highest BCUT2D eigenvalue weighted by Crippen LogP contribution is 2.37. The highest BCUT2D eigenvalue weighted by molar-refractivity contribution is 6.31. The minimum absolute atomic E-state index is 0.403. The Morgan fingerprint density at radius 2 is 2.31 bits per heavy atom. The van der Waals surface area contributed by atoms with Crippen molar-refractivity contribution in [3.8, 4) is 5.75 Å². The second-order valence-corrected chi connectivity index (χ2v) is 3.65. The molecule has 0 amide bonds. The van der Waals surface area contributed by atoms with E-state index in [9.17, 15) is 5.11 Å². The van der Waals surface area contributed by atoms with Crippen LogP contribution in [0.2, 0.25) is 5.02 Å². The second-order valence-electron chi connectivity index (χ2n) is 3.24. The first-order valence-corrected chi connectivity index (χ1v) is 4.68. The molecule has 0 bridgehead atoms. The number of benzene rings is 1. The summed E-state index contributed by atoms with van der Waals surface area (Å²) in [7, 11) is 0. The standard InChI is InChI=1S/C10H11ClO2/c1-6-8(11)3-2-7-9(12)4-5-13-10(6)7/h2-3,9,12H,4-5H2,1H3. The largest absolute Gasteiger partial charge is 0.493 e. The average Bonchev–Trinajstić information content (AvgIpc) is 2.12. The fraction of sp³-hybridized carbons (Fsp3) is 0.400. The van der Waals surface area contributed by atoms with E-state index in [-0.39, 0.29) is 0 Å². The molecule has 1 heterocycles. The molecule has 1 aromatic carbocycles. The maximum absolute atomic E-state index is 9.65. The van der Waals surface area contributed by atoms with Gasteiger partial charge in [0.25, 0.3) is 0 Å². The molecule has 1 aliphatic rings. The zero-order valence-electron chi connectivity index (χ0n) is 7.38. The number of halogens is 1. The summed E-state index contributed by atoms with van der Waals surface area (Å²) in [5.41, 5.74) is 1.77. The third kappa shape index (κ3) is 1.40. The van der Waals surface area contributed by atoms with Crippen molar-refractivity contribution in [1.82, 2.24) is 0 Å². The Balaban J connectivity index is 2.56. The molecule has 13 heavy (non-hydrogen) atoms. The van der Waals surface area contributed by atoms with Crippen LogP contribution in [0.5, 0.6) is 5.75 Å². The van der Waals surface area contributed by atoms with Gasteiger partial charge in [-0.3, -0.25) is 0 Å². The van der Waals surface area contributed by atoms with Gasteiger partial charge in [-0.1, -0.05) is 17.7 Å². The van der Waals surface area contributed by atoms with Crippen LogP contribution in [0.25, 0.3) is 0 Å². The Hall–Kier alpha value is -0.730. The quantitative estimate of drug-likeness (QED) is 0.694. The van der Waals surface area contributed by atoms with Gasteiger partial charge in [0.05, 0.1) is 12.7 Å². The zero-order chi connectivity index (χ0) is 9.42. The summed E-state index contributed by atoms with van der Waals surface area (Å²) in [6.45, 7) is 2.47. The smallest absolute Gasteiger partial charge is 0.129 e. The van der Waals surface area contributed by atoms with E-state index < -0.39 is 6.10 Å². The van der Waals surface area contributed by atoms with Gasteiger partial charge >= 0.3 is 0 Å². The third-order valence-corrected chi connectivity index (χ3v) is 2.78. The van der Waals surface area contributed by atoms with Gasteiger partial charge < -0.3 is 9.84 Å². The summed E-state index contributed by atoms with van der Waals surface area (Å²) >= 11 is 5.93. The number of fused-ring (bicyclic) bond motifs is 1. The van der Waals surface area contributed by atoms with E-state index in [0.29, 0.717) is 18.1 Å². The predicted molar refractivity (Wildman–Crippen MR) is 51.3 cm³/mol. The van der Waals surface area contributed by atoms with Crippen LogP contribution >= 0.6 is 11.6 Å². The van der Waals surface area contributed by atoms with Crippen LogP contribution in [-0.4, -0.2) is 11.7 Å². The molecule has 1 unspecified atom stereocenters. The minimum atomic E-state index is -0.403. The molecule has 1 atom stereocenters. The van der Waals surface area contributed by atoms with Crippen molar-refractivity contribution in [3.63, 3.8) is 0 Å². The summed E-state index contributed by atoms with van der Waals surface area (Å²) in [5, 5.41) is 10.3. The lowest BCUT2D eigenvalue weighted by atomic mass is 10.0. The summed E-state index contributed by atoms with van der Waals surface area (Å²) in [6.07, 6.45) is 0.258. The number of hydrogen-bond donors (Lipinski definition) is 1. The summed E-state index contributed by atoms with van der Waals surface area (Å²) in [6, 6.07) is 3.63. The van der Waals surface area contributed by atoms with E-state index in [1.807, 2.05) is 13.0 Å². The molecule has 0 saturated carbocycles. The molecule has 2 rings (SSSR count). The van der Waals surface area contributed by atoms with E-state index in [0.717, 1.165) is 16.9 Å². The molecular weight excluding hydrogens is 188 g/mol. The molecular formula is C10H11ClO2. The monoisotopic (exact) mass is 198 g/mol. The Labute approximate surface area is 82.1 Å². The van der Waals surface area contributed by atoms with Crippen LogP contribution in [-0.2, 0) is 0 Å². The number of hydrogen-bond acceptors (Lipinski definition) is 2. The fourth-order valence-corrected chi connectivity index (χ4v) is 1.72.